The fraction of sp³-hybridized carbons (Fsp3) is 0.500. The smallest absolute Gasteiger partial charge is 0.310 e. The van der Waals surface area contributed by atoms with E-state index in [4.69, 9.17) is 10.00 Å². The Hall–Kier alpha value is -2.13. The molecule has 0 saturated carbocycles. The van der Waals surface area contributed by atoms with Gasteiger partial charge in [-0.1, -0.05) is 6.07 Å². The molecule has 6 heteroatoms. The second-order valence-corrected chi connectivity index (χ2v) is 5.05. The highest BCUT2D eigenvalue weighted by Crippen LogP contribution is 2.29. The van der Waals surface area contributed by atoms with E-state index in [-0.39, 0.29) is 17.5 Å². The Kier molecular flexibility index (Phi) is 5.06. The van der Waals surface area contributed by atoms with E-state index < -0.39 is 10.5 Å². The minimum absolute atomic E-state index is 0.0643. The first-order chi connectivity index (χ1) is 9.31. The topological polar surface area (TPSA) is 88.2 Å². The second-order valence-electron chi connectivity index (χ2n) is 5.05. The fourth-order valence-corrected chi connectivity index (χ4v) is 1.90. The fourth-order valence-electron chi connectivity index (χ4n) is 1.90. The summed E-state index contributed by atoms with van der Waals surface area (Å²) in [4.78, 5) is 10.5. The molecule has 0 heterocycles. The van der Waals surface area contributed by atoms with Gasteiger partial charge in [0.05, 0.1) is 17.1 Å². The van der Waals surface area contributed by atoms with Crippen molar-refractivity contribution in [1.29, 1.82) is 5.26 Å². The number of hydrogen-bond acceptors (Lipinski definition) is 5. The van der Waals surface area contributed by atoms with Crippen molar-refractivity contribution >= 4 is 5.69 Å². The molecular weight excluding hydrogens is 258 g/mol. The quantitative estimate of drug-likeness (QED) is 0.637. The van der Waals surface area contributed by atoms with Gasteiger partial charge in [0.15, 0.2) is 5.75 Å². The van der Waals surface area contributed by atoms with E-state index in [1.54, 1.807) is 33.0 Å². The number of aryl methyl sites for hydroxylation is 1. The van der Waals surface area contributed by atoms with Crippen LogP contribution in [0.3, 0.4) is 0 Å². The first-order valence-electron chi connectivity index (χ1n) is 6.33. The van der Waals surface area contributed by atoms with Crippen LogP contribution in [-0.2, 0) is 0 Å². The van der Waals surface area contributed by atoms with Crippen molar-refractivity contribution in [2.24, 2.45) is 0 Å². The van der Waals surface area contributed by atoms with Gasteiger partial charge in [0.25, 0.3) is 0 Å². The van der Waals surface area contributed by atoms with Gasteiger partial charge in [-0.15, -0.1) is 0 Å². The number of nitrogens with one attached hydrogen (secondary N) is 1. The summed E-state index contributed by atoms with van der Waals surface area (Å²) in [5.41, 5.74) is 0.0953. The van der Waals surface area contributed by atoms with Crippen molar-refractivity contribution in [3.63, 3.8) is 0 Å². The number of nitrogens with zero attached hydrogens (tertiary/aromatic N) is 2. The van der Waals surface area contributed by atoms with Gasteiger partial charge in [-0.3, -0.25) is 10.1 Å². The Labute approximate surface area is 118 Å². The molecule has 20 heavy (non-hydrogen) atoms. The Bertz CT molecular complexity index is 539. The maximum Gasteiger partial charge on any atom is 0.310 e. The van der Waals surface area contributed by atoms with Gasteiger partial charge in [-0.05, 0) is 39.4 Å². The van der Waals surface area contributed by atoms with Crippen LogP contribution in [0.4, 0.5) is 5.69 Å². The van der Waals surface area contributed by atoms with E-state index in [1.807, 2.05) is 6.92 Å². The van der Waals surface area contributed by atoms with Crippen LogP contribution in [0.2, 0.25) is 0 Å². The van der Waals surface area contributed by atoms with Gasteiger partial charge in [-0.2, -0.15) is 5.26 Å². The van der Waals surface area contributed by atoms with E-state index in [0.29, 0.717) is 6.42 Å². The third-order valence-electron chi connectivity index (χ3n) is 3.13. The van der Waals surface area contributed by atoms with Crippen LogP contribution in [0.5, 0.6) is 5.75 Å². The number of hydrogen-bond donors (Lipinski definition) is 1. The zero-order chi connectivity index (χ0) is 15.3. The van der Waals surface area contributed by atoms with Crippen LogP contribution in [0.1, 0.15) is 25.8 Å². The maximum absolute atomic E-state index is 11.0. The summed E-state index contributed by atoms with van der Waals surface area (Å²) in [6, 6.07) is 6.90. The van der Waals surface area contributed by atoms with Crippen molar-refractivity contribution in [1.82, 2.24) is 5.32 Å². The van der Waals surface area contributed by atoms with E-state index in [2.05, 4.69) is 11.4 Å². The van der Waals surface area contributed by atoms with Gasteiger partial charge in [-0.25, -0.2) is 0 Å². The number of ether oxygens (including phenoxy) is 1. The molecule has 0 aromatic heterocycles. The van der Waals surface area contributed by atoms with Crippen LogP contribution >= 0.6 is 0 Å². The van der Waals surface area contributed by atoms with Crippen molar-refractivity contribution in [3.8, 4) is 11.8 Å². The molecule has 0 aliphatic carbocycles. The van der Waals surface area contributed by atoms with E-state index in [1.165, 1.54) is 6.07 Å². The monoisotopic (exact) mass is 277 g/mol. The van der Waals surface area contributed by atoms with Crippen LogP contribution in [-0.4, -0.2) is 23.6 Å². The molecule has 2 unspecified atom stereocenters. The van der Waals surface area contributed by atoms with Crippen molar-refractivity contribution in [3.05, 3.63) is 33.9 Å². The number of benzene rings is 1. The molecule has 0 aliphatic rings. The lowest BCUT2D eigenvalue weighted by Gasteiger charge is -2.25. The molecule has 0 amide bonds. The molecule has 6 nitrogen and oxygen atoms in total. The number of nitriles is 1. The Morgan fingerprint density at radius 2 is 2.25 bits per heavy atom. The van der Waals surface area contributed by atoms with Crippen LogP contribution in [0.15, 0.2) is 18.2 Å². The molecule has 1 N–H and O–H groups in total. The van der Waals surface area contributed by atoms with Crippen LogP contribution < -0.4 is 10.1 Å². The third kappa shape index (κ3) is 3.93. The average Bonchev–Trinajstić information content (AvgIpc) is 2.38. The SMILES string of the molecule is CNC(C)(C#N)CC(C)Oc1cc(C)ccc1[N+](=O)[O-]. The third-order valence-corrected chi connectivity index (χ3v) is 3.13. The van der Waals surface area contributed by atoms with E-state index in [0.717, 1.165) is 5.56 Å². The average molecular weight is 277 g/mol. The summed E-state index contributed by atoms with van der Waals surface area (Å²) in [7, 11) is 1.70. The highest BCUT2D eigenvalue weighted by Gasteiger charge is 2.26. The Morgan fingerprint density at radius 3 is 2.75 bits per heavy atom. The predicted molar refractivity (Wildman–Crippen MR) is 75.6 cm³/mol. The first kappa shape index (κ1) is 15.9. The second kappa shape index (κ2) is 6.35. The number of nitro groups is 1. The van der Waals surface area contributed by atoms with E-state index in [9.17, 15) is 10.1 Å². The molecule has 0 bridgehead atoms. The van der Waals surface area contributed by atoms with Gasteiger partial charge >= 0.3 is 5.69 Å². The highest BCUT2D eigenvalue weighted by atomic mass is 16.6. The highest BCUT2D eigenvalue weighted by molar-refractivity contribution is 5.48. The zero-order valence-corrected chi connectivity index (χ0v) is 12.1. The maximum atomic E-state index is 11.0. The summed E-state index contributed by atoms with van der Waals surface area (Å²) < 4.78 is 5.65. The normalized spacial score (nSPS) is 14.9. The largest absolute Gasteiger partial charge is 0.484 e. The summed E-state index contributed by atoms with van der Waals surface area (Å²) in [5, 5.41) is 23.0. The molecule has 0 spiro atoms. The molecule has 108 valence electrons. The Balaban J connectivity index is 2.91. The van der Waals surface area contributed by atoms with Crippen molar-refractivity contribution in [2.75, 3.05) is 7.05 Å². The molecule has 0 saturated heterocycles. The minimum atomic E-state index is -0.724. The lowest BCUT2D eigenvalue weighted by molar-refractivity contribution is -0.386. The zero-order valence-electron chi connectivity index (χ0n) is 12.1. The van der Waals surface area contributed by atoms with Crippen LogP contribution in [0, 0.1) is 28.4 Å². The van der Waals surface area contributed by atoms with Crippen molar-refractivity contribution in [2.45, 2.75) is 38.8 Å². The molecule has 0 fully saturated rings. The molecule has 0 aliphatic heterocycles. The van der Waals surface area contributed by atoms with E-state index >= 15 is 0 Å². The van der Waals surface area contributed by atoms with Gasteiger partial charge in [0.1, 0.15) is 5.54 Å². The van der Waals surface area contributed by atoms with Gasteiger partial charge < -0.3 is 10.1 Å². The predicted octanol–water partition coefficient (Wildman–Crippen LogP) is 2.56. The Morgan fingerprint density at radius 1 is 1.60 bits per heavy atom. The summed E-state index contributed by atoms with van der Waals surface area (Å²) in [5.74, 6) is 0.235. The lowest BCUT2D eigenvalue weighted by atomic mass is 9.97. The minimum Gasteiger partial charge on any atom is -0.484 e. The summed E-state index contributed by atoms with van der Waals surface area (Å²) in [6.07, 6.45) is 0.0954. The number of nitro benzene ring substituents is 1. The lowest BCUT2D eigenvalue weighted by Crippen LogP contribution is -2.41. The van der Waals surface area contributed by atoms with Crippen molar-refractivity contribution < 1.29 is 9.66 Å². The molecule has 1 aromatic rings. The molecule has 2 atom stereocenters. The van der Waals surface area contributed by atoms with Crippen LogP contribution in [0.25, 0.3) is 0 Å². The summed E-state index contributed by atoms with van der Waals surface area (Å²) in [6.45, 7) is 5.39. The summed E-state index contributed by atoms with van der Waals surface area (Å²) >= 11 is 0. The molecule has 1 rings (SSSR count). The number of rotatable bonds is 6. The standard InChI is InChI=1S/C14H19N3O3/c1-10-5-6-12(17(18)19)13(7-10)20-11(2)8-14(3,9-15)16-4/h5-7,11,16H,8H2,1-4H3. The molecular formula is C14H19N3O3. The van der Waals surface area contributed by atoms with Gasteiger partial charge in [0, 0.05) is 12.5 Å². The van der Waals surface area contributed by atoms with Gasteiger partial charge in [0.2, 0.25) is 0 Å². The molecule has 0 radical (unpaired) electrons. The first-order valence-corrected chi connectivity index (χ1v) is 6.33. The molecule has 1 aromatic carbocycles.